The maximum Gasteiger partial charge on any atom is 0.237 e. The molecule has 0 saturated heterocycles. The first kappa shape index (κ1) is 28.1. The molecule has 2 radical (unpaired) electrons. The molecule has 1 aliphatic rings. The summed E-state index contributed by atoms with van der Waals surface area (Å²) >= 11 is 20.0. The van der Waals surface area contributed by atoms with E-state index in [2.05, 4.69) is 79.2 Å². The molecule has 4 aromatic rings. The maximum absolute atomic E-state index is 7.18. The second kappa shape index (κ2) is 11.2. The van der Waals surface area contributed by atoms with Gasteiger partial charge in [-0.15, -0.1) is 0 Å². The third kappa shape index (κ3) is 5.61. The Morgan fingerprint density at radius 1 is 0.872 bits per heavy atom. The van der Waals surface area contributed by atoms with Crippen molar-refractivity contribution in [1.29, 1.82) is 0 Å². The summed E-state index contributed by atoms with van der Waals surface area (Å²) in [6, 6.07) is 26.4. The van der Waals surface area contributed by atoms with E-state index < -0.39 is 5.60 Å². The number of aromatic nitrogens is 2. The van der Waals surface area contributed by atoms with Crippen LogP contribution in [-0.2, 0) is 10.0 Å². The quantitative estimate of drug-likeness (QED) is 0.165. The van der Waals surface area contributed by atoms with Gasteiger partial charge >= 0.3 is 0 Å². The summed E-state index contributed by atoms with van der Waals surface area (Å²) in [6.45, 7) is 9.12. The Bertz CT molecular complexity index is 1420. The van der Waals surface area contributed by atoms with Crippen LogP contribution in [0.3, 0.4) is 0 Å². The summed E-state index contributed by atoms with van der Waals surface area (Å²) in [5.74, 6) is 1.17. The predicted molar refractivity (Wildman–Crippen MR) is 163 cm³/mol. The van der Waals surface area contributed by atoms with Crippen molar-refractivity contribution in [3.05, 3.63) is 117 Å². The first-order chi connectivity index (χ1) is 18.6. The van der Waals surface area contributed by atoms with Gasteiger partial charge in [0.2, 0.25) is 9.76 Å². The Hall–Kier alpha value is -2.41. The fourth-order valence-electron chi connectivity index (χ4n) is 5.25. The SMILES string of the molecule is Cc1nc(Cl)c2c(n1)N(c1ccc(Cl)cc1Cl)CCC2C(O[Si]C(C)(C)C)(c1ccccc1)c1ccccc1. The molecule has 3 aromatic carbocycles. The van der Waals surface area contributed by atoms with Crippen LogP contribution in [0.4, 0.5) is 11.5 Å². The summed E-state index contributed by atoms with van der Waals surface area (Å²) in [7, 11) is 0.230. The molecule has 8 heteroatoms. The van der Waals surface area contributed by atoms with Gasteiger partial charge in [-0.3, -0.25) is 0 Å². The minimum absolute atomic E-state index is 0.0389. The van der Waals surface area contributed by atoms with E-state index in [1.54, 1.807) is 6.07 Å². The number of aryl methyl sites for hydroxylation is 1. The molecular formula is C31H30Cl3N3OSi. The number of hydrogen-bond donors (Lipinski definition) is 0. The van der Waals surface area contributed by atoms with Crippen molar-refractivity contribution in [2.75, 3.05) is 11.4 Å². The maximum atomic E-state index is 7.18. The van der Waals surface area contributed by atoms with E-state index in [1.165, 1.54) is 0 Å². The van der Waals surface area contributed by atoms with E-state index in [0.717, 1.165) is 34.6 Å². The highest BCUT2D eigenvalue weighted by atomic mass is 35.5. The third-order valence-corrected chi connectivity index (χ3v) is 8.71. The van der Waals surface area contributed by atoms with Crippen LogP contribution >= 0.6 is 34.8 Å². The zero-order valence-corrected chi connectivity index (χ0v) is 25.6. The number of halogens is 3. The fourth-order valence-corrected chi connectivity index (χ4v) is 6.95. The van der Waals surface area contributed by atoms with E-state index in [1.807, 2.05) is 31.2 Å². The average molecular weight is 595 g/mol. The standard InChI is InChI=1S/C31H30Cl3N3OSi/c1-20-35-28(34)27-24(17-18-37(29(27)36-20)26-16-15-23(32)19-25(26)33)31(38-39-30(2,3)4,21-11-7-5-8-12-21)22-13-9-6-10-14-22/h5-16,19,24H,17-18H2,1-4H3. The van der Waals surface area contributed by atoms with Crippen molar-refractivity contribution in [3.8, 4) is 0 Å². The lowest BCUT2D eigenvalue weighted by molar-refractivity contribution is 0.0733. The highest BCUT2D eigenvalue weighted by Crippen LogP contribution is 2.54. The lowest BCUT2D eigenvalue weighted by Crippen LogP contribution is -2.44. The Morgan fingerprint density at radius 2 is 1.49 bits per heavy atom. The fraction of sp³-hybridized carbons (Fsp3) is 0.290. The van der Waals surface area contributed by atoms with Gasteiger partial charge in [0.25, 0.3) is 0 Å². The molecule has 0 bridgehead atoms. The average Bonchev–Trinajstić information content (AvgIpc) is 2.90. The number of rotatable bonds is 6. The molecule has 39 heavy (non-hydrogen) atoms. The first-order valence-corrected chi connectivity index (χ1v) is 15.0. The summed E-state index contributed by atoms with van der Waals surface area (Å²) in [5, 5.41) is 1.53. The largest absolute Gasteiger partial charge is 0.403 e. The molecule has 200 valence electrons. The lowest BCUT2D eigenvalue weighted by Gasteiger charge is -2.47. The molecule has 1 aromatic heterocycles. The normalized spacial score (nSPS) is 15.8. The zero-order chi connectivity index (χ0) is 27.8. The Morgan fingerprint density at radius 3 is 2.05 bits per heavy atom. The van der Waals surface area contributed by atoms with Gasteiger partial charge in [-0.2, -0.15) is 0 Å². The van der Waals surface area contributed by atoms with E-state index in [-0.39, 0.29) is 20.7 Å². The van der Waals surface area contributed by atoms with Crippen LogP contribution in [0.15, 0.2) is 78.9 Å². The van der Waals surface area contributed by atoms with Crippen molar-refractivity contribution in [2.45, 2.75) is 50.7 Å². The van der Waals surface area contributed by atoms with Gasteiger partial charge in [0.05, 0.1) is 10.7 Å². The van der Waals surface area contributed by atoms with Crippen LogP contribution in [0.5, 0.6) is 0 Å². The molecule has 5 rings (SSSR count). The topological polar surface area (TPSA) is 38.2 Å². The van der Waals surface area contributed by atoms with Crippen LogP contribution in [0.1, 0.15) is 55.6 Å². The summed E-state index contributed by atoms with van der Waals surface area (Å²) in [6.07, 6.45) is 0.733. The van der Waals surface area contributed by atoms with E-state index >= 15 is 0 Å². The van der Waals surface area contributed by atoms with Gasteiger partial charge in [0.1, 0.15) is 22.4 Å². The highest BCUT2D eigenvalue weighted by molar-refractivity contribution is 6.36. The van der Waals surface area contributed by atoms with Crippen LogP contribution in [-0.4, -0.2) is 26.3 Å². The molecule has 0 amide bonds. The Kier molecular flexibility index (Phi) is 8.09. The van der Waals surface area contributed by atoms with Crippen LogP contribution < -0.4 is 4.90 Å². The smallest absolute Gasteiger partial charge is 0.237 e. The van der Waals surface area contributed by atoms with Gasteiger partial charge in [-0.25, -0.2) is 9.97 Å². The van der Waals surface area contributed by atoms with Gasteiger partial charge in [0.15, 0.2) is 0 Å². The molecule has 0 N–H and O–H groups in total. The van der Waals surface area contributed by atoms with E-state index in [9.17, 15) is 0 Å². The van der Waals surface area contributed by atoms with Crippen molar-refractivity contribution in [3.63, 3.8) is 0 Å². The van der Waals surface area contributed by atoms with Crippen molar-refractivity contribution >= 4 is 56.1 Å². The van der Waals surface area contributed by atoms with E-state index in [4.69, 9.17) is 44.2 Å². The molecule has 0 aliphatic carbocycles. The predicted octanol–water partition coefficient (Wildman–Crippen LogP) is 9.17. The number of nitrogens with zero attached hydrogens (tertiary/aromatic N) is 3. The van der Waals surface area contributed by atoms with Crippen LogP contribution in [0.2, 0.25) is 20.2 Å². The number of fused-ring (bicyclic) bond motifs is 1. The molecule has 2 heterocycles. The summed E-state index contributed by atoms with van der Waals surface area (Å²) < 4.78 is 7.18. The number of benzene rings is 3. The third-order valence-electron chi connectivity index (χ3n) is 6.85. The summed E-state index contributed by atoms with van der Waals surface area (Å²) in [5.41, 5.74) is 3.00. The van der Waals surface area contributed by atoms with Gasteiger partial charge < -0.3 is 9.33 Å². The Balaban J connectivity index is 1.78. The summed E-state index contributed by atoms with van der Waals surface area (Å²) in [4.78, 5) is 11.7. The number of anilines is 2. The van der Waals surface area contributed by atoms with Gasteiger partial charge in [-0.05, 0) is 47.7 Å². The molecule has 1 unspecified atom stereocenters. The zero-order valence-electron chi connectivity index (χ0n) is 22.4. The van der Waals surface area contributed by atoms with Crippen LogP contribution in [0, 0.1) is 6.92 Å². The van der Waals surface area contributed by atoms with E-state index in [0.29, 0.717) is 27.6 Å². The lowest BCUT2D eigenvalue weighted by atomic mass is 9.70. The first-order valence-electron chi connectivity index (χ1n) is 12.9. The minimum Gasteiger partial charge on any atom is -0.403 e. The Labute approximate surface area is 248 Å². The molecule has 0 spiro atoms. The molecule has 0 saturated carbocycles. The molecule has 0 fully saturated rings. The number of hydrogen-bond acceptors (Lipinski definition) is 4. The van der Waals surface area contributed by atoms with Crippen molar-refractivity contribution < 1.29 is 4.43 Å². The molecule has 4 nitrogen and oxygen atoms in total. The van der Waals surface area contributed by atoms with Crippen molar-refractivity contribution in [2.24, 2.45) is 0 Å². The molecular weight excluding hydrogens is 565 g/mol. The molecule has 1 aliphatic heterocycles. The minimum atomic E-state index is -0.818. The van der Waals surface area contributed by atoms with Gasteiger partial charge in [-0.1, -0.05) is 116 Å². The van der Waals surface area contributed by atoms with Crippen LogP contribution in [0.25, 0.3) is 0 Å². The molecule has 1 atom stereocenters. The monoisotopic (exact) mass is 593 g/mol. The second-order valence-electron chi connectivity index (χ2n) is 10.8. The van der Waals surface area contributed by atoms with Crippen molar-refractivity contribution in [1.82, 2.24) is 9.97 Å². The highest BCUT2D eigenvalue weighted by Gasteiger charge is 2.49. The second-order valence-corrected chi connectivity index (χ2v) is 13.9. The van der Waals surface area contributed by atoms with Gasteiger partial charge in [0, 0.05) is 23.0 Å².